The minimum atomic E-state index is -0.171. The molecule has 2 aromatic carbocycles. The summed E-state index contributed by atoms with van der Waals surface area (Å²) in [5.74, 6) is -0.171. The van der Waals surface area contributed by atoms with Gasteiger partial charge < -0.3 is 5.32 Å². The Labute approximate surface area is 127 Å². The van der Waals surface area contributed by atoms with Gasteiger partial charge in [0.1, 0.15) is 5.82 Å². The zero-order valence-corrected chi connectivity index (χ0v) is 12.9. The van der Waals surface area contributed by atoms with Crippen molar-refractivity contribution >= 4 is 0 Å². The lowest BCUT2D eigenvalue weighted by Crippen LogP contribution is -2.33. The van der Waals surface area contributed by atoms with Crippen molar-refractivity contribution in [1.29, 1.82) is 0 Å². The molecular formula is C19H24FN. The molecule has 0 aromatic heterocycles. The van der Waals surface area contributed by atoms with Crippen LogP contribution in [0.4, 0.5) is 4.39 Å². The molecule has 1 N–H and O–H groups in total. The van der Waals surface area contributed by atoms with Crippen molar-refractivity contribution < 1.29 is 4.39 Å². The molecule has 2 rings (SSSR count). The maximum atomic E-state index is 13.0. The first-order valence-corrected chi connectivity index (χ1v) is 7.70. The van der Waals surface area contributed by atoms with Gasteiger partial charge in [-0.15, -0.1) is 0 Å². The Hall–Kier alpha value is -1.67. The Morgan fingerprint density at radius 1 is 1.00 bits per heavy atom. The zero-order valence-electron chi connectivity index (χ0n) is 12.9. The fraction of sp³-hybridized carbons (Fsp3) is 0.368. The Bertz CT molecular complexity index is 548. The number of hydrogen-bond donors (Lipinski definition) is 1. The molecule has 1 unspecified atom stereocenters. The van der Waals surface area contributed by atoms with Crippen molar-refractivity contribution in [1.82, 2.24) is 5.32 Å². The summed E-state index contributed by atoms with van der Waals surface area (Å²) in [7, 11) is 0. The van der Waals surface area contributed by atoms with Crippen molar-refractivity contribution in [3.05, 3.63) is 71.0 Å². The number of benzene rings is 2. The highest BCUT2D eigenvalue weighted by Crippen LogP contribution is 2.12. The summed E-state index contributed by atoms with van der Waals surface area (Å²) in [5.41, 5.74) is 3.83. The van der Waals surface area contributed by atoms with Crippen LogP contribution in [-0.2, 0) is 12.8 Å². The highest BCUT2D eigenvalue weighted by atomic mass is 19.1. The van der Waals surface area contributed by atoms with Crippen LogP contribution in [0.2, 0.25) is 0 Å². The van der Waals surface area contributed by atoms with Crippen LogP contribution in [0.15, 0.2) is 48.5 Å². The van der Waals surface area contributed by atoms with Gasteiger partial charge in [0, 0.05) is 6.04 Å². The summed E-state index contributed by atoms with van der Waals surface area (Å²) in [6.45, 7) is 5.31. The van der Waals surface area contributed by atoms with Gasteiger partial charge >= 0.3 is 0 Å². The Morgan fingerprint density at radius 2 is 1.71 bits per heavy atom. The first-order chi connectivity index (χ1) is 10.2. The summed E-state index contributed by atoms with van der Waals surface area (Å²) in [6, 6.07) is 15.9. The summed E-state index contributed by atoms with van der Waals surface area (Å²) in [5, 5.41) is 3.61. The third-order valence-electron chi connectivity index (χ3n) is 3.64. The molecule has 0 radical (unpaired) electrons. The number of nitrogens with one attached hydrogen (secondary N) is 1. The molecule has 0 fully saturated rings. The van der Waals surface area contributed by atoms with E-state index in [1.807, 2.05) is 12.1 Å². The van der Waals surface area contributed by atoms with Crippen molar-refractivity contribution in [3.63, 3.8) is 0 Å². The second-order valence-corrected chi connectivity index (χ2v) is 5.67. The number of hydrogen-bond acceptors (Lipinski definition) is 1. The molecule has 21 heavy (non-hydrogen) atoms. The smallest absolute Gasteiger partial charge is 0.123 e. The lowest BCUT2D eigenvalue weighted by Gasteiger charge is -2.19. The van der Waals surface area contributed by atoms with E-state index in [2.05, 4.69) is 43.4 Å². The van der Waals surface area contributed by atoms with E-state index in [0.29, 0.717) is 6.04 Å². The molecule has 0 aliphatic rings. The van der Waals surface area contributed by atoms with E-state index in [4.69, 9.17) is 0 Å². The Kier molecular flexibility index (Phi) is 5.94. The second-order valence-electron chi connectivity index (χ2n) is 5.67. The van der Waals surface area contributed by atoms with Crippen LogP contribution in [0.25, 0.3) is 0 Å². The fourth-order valence-electron chi connectivity index (χ4n) is 2.59. The average Bonchev–Trinajstić information content (AvgIpc) is 2.47. The van der Waals surface area contributed by atoms with Crippen molar-refractivity contribution in [3.8, 4) is 0 Å². The quantitative estimate of drug-likeness (QED) is 0.800. The molecule has 0 bridgehead atoms. The maximum Gasteiger partial charge on any atom is 0.123 e. The Morgan fingerprint density at radius 3 is 2.38 bits per heavy atom. The fourth-order valence-corrected chi connectivity index (χ4v) is 2.59. The van der Waals surface area contributed by atoms with Crippen LogP contribution in [0.3, 0.4) is 0 Å². The largest absolute Gasteiger partial charge is 0.313 e. The molecule has 0 heterocycles. The van der Waals surface area contributed by atoms with E-state index < -0.39 is 0 Å². The minimum Gasteiger partial charge on any atom is -0.313 e. The van der Waals surface area contributed by atoms with Gasteiger partial charge in [0.15, 0.2) is 0 Å². The van der Waals surface area contributed by atoms with Crippen LogP contribution in [0.1, 0.15) is 30.0 Å². The van der Waals surface area contributed by atoms with Crippen LogP contribution in [-0.4, -0.2) is 12.6 Å². The predicted octanol–water partition coefficient (Wildman–Crippen LogP) is 4.29. The first-order valence-electron chi connectivity index (χ1n) is 7.70. The second kappa shape index (κ2) is 7.94. The van der Waals surface area contributed by atoms with Crippen LogP contribution in [0, 0.1) is 12.7 Å². The van der Waals surface area contributed by atoms with E-state index in [1.54, 1.807) is 12.1 Å². The number of aryl methyl sites for hydroxylation is 1. The van der Waals surface area contributed by atoms with Crippen molar-refractivity contribution in [2.75, 3.05) is 6.54 Å². The van der Waals surface area contributed by atoms with Gasteiger partial charge in [-0.3, -0.25) is 0 Å². The molecule has 112 valence electrons. The molecule has 0 spiro atoms. The van der Waals surface area contributed by atoms with Crippen molar-refractivity contribution in [2.24, 2.45) is 0 Å². The van der Waals surface area contributed by atoms with Gasteiger partial charge in [-0.2, -0.15) is 0 Å². The van der Waals surface area contributed by atoms with E-state index >= 15 is 0 Å². The lowest BCUT2D eigenvalue weighted by molar-refractivity contribution is 0.504. The number of halogens is 1. The van der Waals surface area contributed by atoms with Crippen molar-refractivity contribution in [2.45, 2.75) is 39.2 Å². The summed E-state index contributed by atoms with van der Waals surface area (Å²) < 4.78 is 13.0. The lowest BCUT2D eigenvalue weighted by atomic mass is 9.98. The highest BCUT2D eigenvalue weighted by Gasteiger charge is 2.10. The minimum absolute atomic E-state index is 0.171. The standard InChI is InChI=1S/C19H24FN/c1-3-11-21-19(13-16-7-9-18(20)10-8-16)14-17-6-4-5-15(2)12-17/h4-10,12,19,21H,3,11,13-14H2,1-2H3. The molecule has 0 amide bonds. The number of rotatable bonds is 7. The third kappa shape index (κ3) is 5.31. The molecule has 1 atom stereocenters. The van der Waals surface area contributed by atoms with Gasteiger partial charge in [-0.05, 0) is 56.0 Å². The first kappa shape index (κ1) is 15.7. The molecule has 0 saturated heterocycles. The van der Waals surface area contributed by atoms with Gasteiger partial charge in [-0.1, -0.05) is 48.9 Å². The van der Waals surface area contributed by atoms with E-state index in [9.17, 15) is 4.39 Å². The van der Waals surface area contributed by atoms with Gasteiger partial charge in [0.2, 0.25) is 0 Å². The van der Waals surface area contributed by atoms with Gasteiger partial charge in [0.25, 0.3) is 0 Å². The van der Waals surface area contributed by atoms with Gasteiger partial charge in [0.05, 0.1) is 0 Å². The van der Waals surface area contributed by atoms with Crippen LogP contribution >= 0.6 is 0 Å². The molecular weight excluding hydrogens is 261 g/mol. The topological polar surface area (TPSA) is 12.0 Å². The third-order valence-corrected chi connectivity index (χ3v) is 3.64. The highest BCUT2D eigenvalue weighted by molar-refractivity contribution is 5.24. The molecule has 0 aliphatic carbocycles. The molecule has 2 aromatic rings. The Balaban J connectivity index is 2.04. The monoisotopic (exact) mass is 285 g/mol. The SMILES string of the molecule is CCCNC(Cc1ccc(F)cc1)Cc1cccc(C)c1. The summed E-state index contributed by atoms with van der Waals surface area (Å²) in [6.07, 6.45) is 3.04. The average molecular weight is 285 g/mol. The maximum absolute atomic E-state index is 13.0. The van der Waals surface area contributed by atoms with E-state index in [0.717, 1.165) is 25.8 Å². The zero-order chi connectivity index (χ0) is 15.1. The predicted molar refractivity (Wildman–Crippen MR) is 87.1 cm³/mol. The van der Waals surface area contributed by atoms with E-state index in [-0.39, 0.29) is 5.82 Å². The van der Waals surface area contributed by atoms with E-state index in [1.165, 1.54) is 16.7 Å². The molecule has 0 saturated carbocycles. The molecule has 1 nitrogen and oxygen atoms in total. The summed E-state index contributed by atoms with van der Waals surface area (Å²) in [4.78, 5) is 0. The molecule has 2 heteroatoms. The summed E-state index contributed by atoms with van der Waals surface area (Å²) >= 11 is 0. The normalized spacial score (nSPS) is 12.3. The molecule has 0 aliphatic heterocycles. The van der Waals surface area contributed by atoms with Crippen LogP contribution in [0.5, 0.6) is 0 Å². The van der Waals surface area contributed by atoms with Gasteiger partial charge in [-0.25, -0.2) is 4.39 Å². The van der Waals surface area contributed by atoms with Crippen LogP contribution < -0.4 is 5.32 Å².